The Kier molecular flexibility index (Phi) is 7.14. The molecule has 0 aliphatic carbocycles. The van der Waals surface area contributed by atoms with Crippen molar-refractivity contribution < 1.29 is 4.79 Å². The minimum atomic E-state index is -0.210. The average Bonchev–Trinajstić information content (AvgIpc) is 2.74. The lowest BCUT2D eigenvalue weighted by molar-refractivity contribution is -0.116. The zero-order valence-corrected chi connectivity index (χ0v) is 17.1. The van der Waals surface area contributed by atoms with Crippen LogP contribution in [-0.2, 0) is 4.79 Å². The second-order valence-electron chi connectivity index (χ2n) is 7.06. The monoisotopic (exact) mass is 392 g/mol. The van der Waals surface area contributed by atoms with Crippen LogP contribution in [-0.4, -0.2) is 40.6 Å². The fourth-order valence-corrected chi connectivity index (χ4v) is 3.46. The Morgan fingerprint density at radius 1 is 1.03 bits per heavy atom. The summed E-state index contributed by atoms with van der Waals surface area (Å²) in [6, 6.07) is 14.9. The number of amides is 1. The number of anilines is 1. The van der Waals surface area contributed by atoms with Crippen LogP contribution < -0.4 is 10.9 Å². The number of unbranched alkanes of at least 4 members (excludes halogenated alkanes) is 1. The summed E-state index contributed by atoms with van der Waals surface area (Å²) in [5, 5.41) is 11.2. The number of H-pyrrole nitrogens is 1. The van der Waals surface area contributed by atoms with E-state index in [4.69, 9.17) is 0 Å². The zero-order chi connectivity index (χ0) is 20.6. The van der Waals surface area contributed by atoms with Crippen molar-refractivity contribution in [3.63, 3.8) is 0 Å². The van der Waals surface area contributed by atoms with Crippen LogP contribution in [0.4, 0.5) is 5.69 Å². The summed E-state index contributed by atoms with van der Waals surface area (Å²) in [5.74, 6) is 0.0148. The molecule has 0 saturated carbocycles. The zero-order valence-electron chi connectivity index (χ0n) is 17.1. The number of aromatic nitrogens is 2. The molecular weight excluding hydrogens is 364 g/mol. The van der Waals surface area contributed by atoms with Crippen LogP contribution in [0.5, 0.6) is 0 Å². The van der Waals surface area contributed by atoms with Crippen molar-refractivity contribution in [1.29, 1.82) is 0 Å². The molecule has 2 N–H and O–H groups in total. The maximum absolute atomic E-state index is 12.3. The Labute approximate surface area is 170 Å². The Morgan fingerprint density at radius 3 is 2.55 bits per heavy atom. The molecule has 0 aliphatic rings. The molecule has 0 fully saturated rings. The van der Waals surface area contributed by atoms with Crippen molar-refractivity contribution >= 4 is 22.4 Å². The largest absolute Gasteiger partial charge is 0.326 e. The van der Waals surface area contributed by atoms with Crippen LogP contribution in [0.15, 0.2) is 53.3 Å². The van der Waals surface area contributed by atoms with Gasteiger partial charge in [-0.15, -0.1) is 0 Å². The lowest BCUT2D eigenvalue weighted by atomic mass is 10.0. The molecule has 2 aromatic carbocycles. The first-order valence-corrected chi connectivity index (χ1v) is 10.2. The van der Waals surface area contributed by atoms with E-state index in [1.165, 1.54) is 0 Å². The molecule has 152 valence electrons. The number of hydrogen-bond donors (Lipinski definition) is 2. The van der Waals surface area contributed by atoms with Gasteiger partial charge in [-0.2, -0.15) is 5.10 Å². The minimum absolute atomic E-state index is 0.0148. The summed E-state index contributed by atoms with van der Waals surface area (Å²) in [4.78, 5) is 26.7. The number of fused-ring (bicyclic) bond motifs is 1. The Hall–Kier alpha value is -2.99. The van der Waals surface area contributed by atoms with E-state index in [0.717, 1.165) is 49.1 Å². The van der Waals surface area contributed by atoms with Gasteiger partial charge in [0.25, 0.3) is 5.56 Å². The molecular formula is C23H28N4O2. The van der Waals surface area contributed by atoms with Gasteiger partial charge < -0.3 is 10.2 Å². The third-order valence-electron chi connectivity index (χ3n) is 5.14. The normalized spacial score (nSPS) is 11.1. The highest BCUT2D eigenvalue weighted by Gasteiger charge is 2.10. The molecule has 0 atom stereocenters. The number of aromatic amines is 1. The van der Waals surface area contributed by atoms with Gasteiger partial charge in [0, 0.05) is 23.1 Å². The average molecular weight is 393 g/mol. The molecule has 3 rings (SSSR count). The molecule has 6 nitrogen and oxygen atoms in total. The molecule has 29 heavy (non-hydrogen) atoms. The van der Waals surface area contributed by atoms with Gasteiger partial charge in [-0.05, 0) is 50.7 Å². The third kappa shape index (κ3) is 5.29. The van der Waals surface area contributed by atoms with Crippen molar-refractivity contribution in [2.24, 2.45) is 0 Å². The van der Waals surface area contributed by atoms with Crippen molar-refractivity contribution in [3.8, 4) is 11.3 Å². The fourth-order valence-electron chi connectivity index (χ4n) is 3.46. The molecule has 1 heterocycles. The number of rotatable bonds is 9. The van der Waals surface area contributed by atoms with Gasteiger partial charge >= 0.3 is 0 Å². The quantitative estimate of drug-likeness (QED) is 0.539. The number of benzene rings is 2. The number of nitrogens with one attached hydrogen (secondary N) is 2. The van der Waals surface area contributed by atoms with Gasteiger partial charge in [-0.25, -0.2) is 5.10 Å². The van der Waals surface area contributed by atoms with E-state index in [1.807, 2.05) is 42.5 Å². The maximum atomic E-state index is 12.3. The van der Waals surface area contributed by atoms with E-state index < -0.39 is 0 Å². The summed E-state index contributed by atoms with van der Waals surface area (Å²) in [7, 11) is 0. The second kappa shape index (κ2) is 9.98. The van der Waals surface area contributed by atoms with E-state index in [1.54, 1.807) is 6.07 Å². The first kappa shape index (κ1) is 20.7. The predicted molar refractivity (Wildman–Crippen MR) is 118 cm³/mol. The molecule has 1 amide bonds. The van der Waals surface area contributed by atoms with Crippen LogP contribution in [0, 0.1) is 0 Å². The van der Waals surface area contributed by atoms with Crippen LogP contribution in [0.2, 0.25) is 0 Å². The summed E-state index contributed by atoms with van der Waals surface area (Å²) < 4.78 is 0. The van der Waals surface area contributed by atoms with E-state index in [2.05, 4.69) is 34.3 Å². The topological polar surface area (TPSA) is 78.1 Å². The molecule has 6 heteroatoms. The molecule has 0 unspecified atom stereocenters. The summed E-state index contributed by atoms with van der Waals surface area (Å²) >= 11 is 0. The predicted octanol–water partition coefficient (Wildman–Crippen LogP) is 4.04. The van der Waals surface area contributed by atoms with Gasteiger partial charge in [0.1, 0.15) is 0 Å². The summed E-state index contributed by atoms with van der Waals surface area (Å²) in [6.45, 7) is 7.43. The summed E-state index contributed by atoms with van der Waals surface area (Å²) in [6.07, 6.45) is 2.39. The van der Waals surface area contributed by atoms with Crippen LogP contribution >= 0.6 is 0 Å². The van der Waals surface area contributed by atoms with Gasteiger partial charge in [0.05, 0.1) is 11.1 Å². The molecule has 0 bridgehead atoms. The minimum Gasteiger partial charge on any atom is -0.326 e. The lowest BCUT2D eigenvalue weighted by Gasteiger charge is -2.17. The molecule has 0 radical (unpaired) electrons. The lowest BCUT2D eigenvalue weighted by Crippen LogP contribution is -2.24. The fraction of sp³-hybridized carbons (Fsp3) is 0.348. The highest BCUT2D eigenvalue weighted by atomic mass is 16.1. The van der Waals surface area contributed by atoms with E-state index in [-0.39, 0.29) is 11.5 Å². The van der Waals surface area contributed by atoms with Crippen LogP contribution in [0.1, 0.15) is 33.1 Å². The van der Waals surface area contributed by atoms with Crippen molar-refractivity contribution in [2.75, 3.05) is 25.0 Å². The Morgan fingerprint density at radius 2 is 1.79 bits per heavy atom. The Bertz CT molecular complexity index is 1020. The second-order valence-corrected chi connectivity index (χ2v) is 7.06. The number of carbonyl (C=O) groups excluding carboxylic acids is 1. The first-order valence-electron chi connectivity index (χ1n) is 10.2. The summed E-state index contributed by atoms with van der Waals surface area (Å²) in [5.41, 5.74) is 2.05. The van der Waals surface area contributed by atoms with Crippen LogP contribution in [0.3, 0.4) is 0 Å². The smallest absolute Gasteiger partial charge is 0.272 e. The van der Waals surface area contributed by atoms with Gasteiger partial charge in [0.15, 0.2) is 0 Å². The Balaban J connectivity index is 1.67. The molecule has 0 saturated heterocycles. The van der Waals surface area contributed by atoms with Gasteiger partial charge in [-0.3, -0.25) is 9.59 Å². The third-order valence-corrected chi connectivity index (χ3v) is 5.14. The first-order chi connectivity index (χ1) is 14.1. The van der Waals surface area contributed by atoms with Gasteiger partial charge in [-0.1, -0.05) is 44.2 Å². The van der Waals surface area contributed by atoms with Crippen molar-refractivity contribution in [1.82, 2.24) is 15.1 Å². The highest BCUT2D eigenvalue weighted by molar-refractivity contribution is 5.95. The molecule has 0 spiro atoms. The molecule has 0 aliphatic heterocycles. The van der Waals surface area contributed by atoms with Crippen molar-refractivity contribution in [2.45, 2.75) is 33.1 Å². The van der Waals surface area contributed by atoms with Crippen LogP contribution in [0.25, 0.3) is 22.0 Å². The molecule has 1 aromatic heterocycles. The van der Waals surface area contributed by atoms with E-state index in [9.17, 15) is 9.59 Å². The number of hydrogen-bond acceptors (Lipinski definition) is 4. The van der Waals surface area contributed by atoms with Gasteiger partial charge in [0.2, 0.25) is 5.91 Å². The molecule has 3 aromatic rings. The van der Waals surface area contributed by atoms with E-state index >= 15 is 0 Å². The SMILES string of the molecule is CCN(CC)CCCCC(=O)Nc1cccc(-c2n[nH]c(=O)c3ccccc23)c1. The maximum Gasteiger partial charge on any atom is 0.272 e. The van der Waals surface area contributed by atoms with Crippen molar-refractivity contribution in [3.05, 3.63) is 58.9 Å². The number of carbonyl (C=O) groups is 1. The highest BCUT2D eigenvalue weighted by Crippen LogP contribution is 2.26. The van der Waals surface area contributed by atoms with E-state index in [0.29, 0.717) is 17.5 Å². The number of nitrogens with zero attached hydrogens (tertiary/aromatic N) is 2. The standard InChI is InChI=1S/C23H28N4O2/c1-3-27(4-2)15-8-7-14-21(28)24-18-11-9-10-17(16-18)22-19-12-5-6-13-20(19)23(29)26-25-22/h5-6,9-13,16H,3-4,7-8,14-15H2,1-2H3,(H,24,28)(H,26,29).